The van der Waals surface area contributed by atoms with Crippen molar-refractivity contribution in [2.45, 2.75) is 13.3 Å². The summed E-state index contributed by atoms with van der Waals surface area (Å²) in [4.78, 5) is 11.2. The topological polar surface area (TPSA) is 98.9 Å². The average molecular weight is 225 g/mol. The number of esters is 1. The molecule has 0 aromatic heterocycles. The zero-order valence-electron chi connectivity index (χ0n) is 8.84. The molecule has 88 valence electrons. The lowest BCUT2D eigenvalue weighted by Gasteiger charge is -2.24. The van der Waals surface area contributed by atoms with E-state index in [1.165, 1.54) is 12.1 Å². The summed E-state index contributed by atoms with van der Waals surface area (Å²) >= 11 is 0. The molecule has 6 nitrogen and oxygen atoms in total. The van der Waals surface area contributed by atoms with Crippen molar-refractivity contribution >= 4 is 17.3 Å². The van der Waals surface area contributed by atoms with Crippen molar-refractivity contribution in [2.75, 3.05) is 17.6 Å². The van der Waals surface area contributed by atoms with Gasteiger partial charge in [0.2, 0.25) is 0 Å². The molecule has 0 aliphatic rings. The summed E-state index contributed by atoms with van der Waals surface area (Å²) in [7, 11) is 0. The van der Waals surface area contributed by atoms with E-state index in [0.717, 1.165) is 0 Å². The molecule has 16 heavy (non-hydrogen) atoms. The Balaban J connectivity index is 2.90. The maximum absolute atomic E-state index is 11.2. The molecule has 1 rings (SSSR count). The minimum absolute atomic E-state index is 0.0481. The Morgan fingerprint density at radius 3 is 2.88 bits per heavy atom. The van der Waals surface area contributed by atoms with E-state index in [1.54, 1.807) is 13.0 Å². The second-order valence-electron chi connectivity index (χ2n) is 3.14. The van der Waals surface area contributed by atoms with Gasteiger partial charge in [0.15, 0.2) is 0 Å². The third-order valence-corrected chi connectivity index (χ3v) is 1.96. The molecule has 0 aliphatic heterocycles. The third-order valence-electron chi connectivity index (χ3n) is 1.96. The Bertz CT molecular complexity index is 379. The highest BCUT2D eigenvalue weighted by atomic mass is 16.8. The van der Waals surface area contributed by atoms with Crippen LogP contribution in [0.1, 0.15) is 12.5 Å². The first kappa shape index (κ1) is 12.3. The Hall–Kier alpha value is -1.79. The fourth-order valence-electron chi connectivity index (χ4n) is 1.28. The fourth-order valence-corrected chi connectivity index (χ4v) is 1.28. The molecule has 0 atom stereocenters. The Morgan fingerprint density at radius 2 is 2.31 bits per heavy atom. The van der Waals surface area contributed by atoms with Gasteiger partial charge in [-0.15, -0.1) is 0 Å². The van der Waals surface area contributed by atoms with Crippen molar-refractivity contribution in [3.05, 3.63) is 29.0 Å². The number of hydrogen-bond acceptors (Lipinski definition) is 6. The summed E-state index contributed by atoms with van der Waals surface area (Å²) in [6, 6.07) is 4.34. The van der Waals surface area contributed by atoms with Gasteiger partial charge >= 0.3 is 5.97 Å². The number of carbonyl (C=O) groups is 1. The van der Waals surface area contributed by atoms with Gasteiger partial charge in [0.1, 0.15) is 0 Å². The number of nitrogens with zero attached hydrogens (tertiary/aromatic N) is 1. The van der Waals surface area contributed by atoms with Crippen LogP contribution in [0.25, 0.3) is 0 Å². The Morgan fingerprint density at radius 1 is 1.62 bits per heavy atom. The molecule has 0 aliphatic carbocycles. The number of nitrogens with two attached hydrogens (primary N) is 1. The molecule has 1 aromatic rings. The van der Waals surface area contributed by atoms with E-state index >= 15 is 0 Å². The number of benzene rings is 1. The van der Waals surface area contributed by atoms with Gasteiger partial charge in [0.05, 0.1) is 18.7 Å². The van der Waals surface area contributed by atoms with Crippen LogP contribution < -0.4 is 11.0 Å². The second-order valence-corrected chi connectivity index (χ2v) is 3.14. The second kappa shape index (κ2) is 5.34. The molecule has 0 unspecified atom stereocenters. The molecular formula is C10H13N2O4-. The fraction of sp³-hybridized carbons (Fsp3) is 0.300. The average Bonchev–Trinajstić information content (AvgIpc) is 2.20. The number of ether oxygens (including phenoxy) is 1. The number of carbonyl (C=O) groups excluding carboxylic acids is 1. The van der Waals surface area contributed by atoms with Crippen molar-refractivity contribution in [1.29, 1.82) is 0 Å². The van der Waals surface area contributed by atoms with E-state index in [9.17, 15) is 10.0 Å². The van der Waals surface area contributed by atoms with Crippen LogP contribution in [0.4, 0.5) is 11.4 Å². The Labute approximate surface area is 92.8 Å². The summed E-state index contributed by atoms with van der Waals surface area (Å²) in [5, 5.41) is 19.3. The van der Waals surface area contributed by atoms with E-state index in [1.807, 2.05) is 0 Å². The van der Waals surface area contributed by atoms with Gasteiger partial charge < -0.3 is 20.9 Å². The summed E-state index contributed by atoms with van der Waals surface area (Å²) in [5.74, 6) is -0.463. The van der Waals surface area contributed by atoms with E-state index in [0.29, 0.717) is 11.3 Å². The molecular weight excluding hydrogens is 212 g/mol. The molecule has 0 saturated carbocycles. The van der Waals surface area contributed by atoms with E-state index in [4.69, 9.17) is 15.7 Å². The van der Waals surface area contributed by atoms with Crippen molar-refractivity contribution < 1.29 is 14.7 Å². The highest BCUT2D eigenvalue weighted by Crippen LogP contribution is 2.22. The lowest BCUT2D eigenvalue weighted by atomic mass is 10.1. The minimum Gasteiger partial charge on any atom is -0.733 e. The molecule has 0 fully saturated rings. The predicted molar refractivity (Wildman–Crippen MR) is 58.8 cm³/mol. The minimum atomic E-state index is -0.463. The van der Waals surface area contributed by atoms with Crippen molar-refractivity contribution in [3.63, 3.8) is 0 Å². The summed E-state index contributed by atoms with van der Waals surface area (Å²) in [6.45, 7) is 1.96. The van der Waals surface area contributed by atoms with Crippen molar-refractivity contribution in [1.82, 2.24) is 0 Å². The highest BCUT2D eigenvalue weighted by Gasteiger charge is 2.09. The highest BCUT2D eigenvalue weighted by molar-refractivity contribution is 5.76. The van der Waals surface area contributed by atoms with Crippen LogP contribution >= 0.6 is 0 Å². The van der Waals surface area contributed by atoms with Crippen LogP contribution in [0, 0.1) is 5.21 Å². The number of hydrogen-bond donors (Lipinski definition) is 2. The SMILES string of the molecule is CCOC(=O)Cc1ccc(N)cc1N([O-])O. The predicted octanol–water partition coefficient (Wildman–Crippen LogP) is 1.07. The molecule has 3 N–H and O–H groups in total. The lowest BCUT2D eigenvalue weighted by Crippen LogP contribution is -2.14. The van der Waals surface area contributed by atoms with Crippen molar-refractivity contribution in [3.8, 4) is 0 Å². The largest absolute Gasteiger partial charge is 0.733 e. The van der Waals surface area contributed by atoms with Gasteiger partial charge in [0.25, 0.3) is 0 Å². The van der Waals surface area contributed by atoms with E-state index < -0.39 is 5.97 Å². The van der Waals surface area contributed by atoms with E-state index in [2.05, 4.69) is 0 Å². The Kier molecular flexibility index (Phi) is 4.10. The quantitative estimate of drug-likeness (QED) is 0.451. The van der Waals surface area contributed by atoms with Crippen LogP contribution in [0.15, 0.2) is 18.2 Å². The van der Waals surface area contributed by atoms with Gasteiger partial charge in [0, 0.05) is 5.69 Å². The molecule has 0 saturated heterocycles. The van der Waals surface area contributed by atoms with Gasteiger partial charge in [-0.2, -0.15) is 0 Å². The van der Waals surface area contributed by atoms with Crippen LogP contribution in [-0.2, 0) is 16.0 Å². The van der Waals surface area contributed by atoms with Crippen LogP contribution in [-0.4, -0.2) is 17.8 Å². The maximum atomic E-state index is 11.2. The first-order valence-electron chi connectivity index (χ1n) is 4.74. The molecule has 0 heterocycles. The third kappa shape index (κ3) is 3.11. The summed E-state index contributed by atoms with van der Waals surface area (Å²) in [5.41, 5.74) is 6.11. The van der Waals surface area contributed by atoms with E-state index in [-0.39, 0.29) is 23.9 Å². The zero-order valence-corrected chi connectivity index (χ0v) is 8.84. The molecule has 0 bridgehead atoms. The molecule has 1 aromatic carbocycles. The van der Waals surface area contributed by atoms with Crippen molar-refractivity contribution in [2.24, 2.45) is 0 Å². The van der Waals surface area contributed by atoms with Gasteiger partial charge in [-0.25, -0.2) is 0 Å². The van der Waals surface area contributed by atoms with Crippen LogP contribution in [0.3, 0.4) is 0 Å². The normalized spacial score (nSPS) is 9.94. The molecule has 0 radical (unpaired) electrons. The zero-order chi connectivity index (χ0) is 12.1. The number of anilines is 2. The first-order valence-corrected chi connectivity index (χ1v) is 4.74. The molecule has 0 spiro atoms. The van der Waals surface area contributed by atoms with Gasteiger partial charge in [-0.05, 0) is 24.6 Å². The summed E-state index contributed by atoms with van der Waals surface area (Å²) in [6.07, 6.45) is -0.0806. The van der Waals surface area contributed by atoms with Gasteiger partial charge in [-0.3, -0.25) is 10.0 Å². The van der Waals surface area contributed by atoms with Crippen LogP contribution in [0.5, 0.6) is 0 Å². The first-order chi connectivity index (χ1) is 7.54. The van der Waals surface area contributed by atoms with Crippen LogP contribution in [0.2, 0.25) is 0 Å². The smallest absolute Gasteiger partial charge is 0.310 e. The molecule has 6 heteroatoms. The lowest BCUT2D eigenvalue weighted by molar-refractivity contribution is -0.142. The monoisotopic (exact) mass is 225 g/mol. The number of rotatable bonds is 4. The standard InChI is InChI=1S/C10H13N2O4/c1-2-16-10(13)5-7-3-4-8(11)6-9(7)12(14)15/h3-4,6,14H,2,5,11H2,1H3/q-1. The molecule has 0 amide bonds. The number of nitrogen functional groups attached to an aromatic ring is 1. The summed E-state index contributed by atoms with van der Waals surface area (Å²) < 4.78 is 4.74. The maximum Gasteiger partial charge on any atom is 0.310 e. The van der Waals surface area contributed by atoms with Gasteiger partial charge in [-0.1, -0.05) is 6.07 Å².